The molecule has 1 rings (SSSR count). The molecule has 0 amide bonds. The molecule has 16 heavy (non-hydrogen) atoms. The maximum atomic E-state index is 8.69. The lowest BCUT2D eigenvalue weighted by molar-refractivity contribution is 1.01. The molecule has 0 saturated carbocycles. The highest BCUT2D eigenvalue weighted by atomic mass is 14.3. The van der Waals surface area contributed by atoms with E-state index in [4.69, 9.17) is 21.2 Å². The minimum atomic E-state index is -0.301. The van der Waals surface area contributed by atoms with Gasteiger partial charge in [0.05, 0.1) is 0 Å². The molecule has 0 aliphatic heterocycles. The van der Waals surface area contributed by atoms with Gasteiger partial charge in [-0.1, -0.05) is 24.3 Å². The van der Waals surface area contributed by atoms with Gasteiger partial charge in [-0.3, -0.25) is 5.41 Å². The number of nitrogens with zero attached hydrogens (tertiary/aromatic N) is 3. The van der Waals surface area contributed by atoms with Crippen LogP contribution in [0.4, 0.5) is 0 Å². The van der Waals surface area contributed by atoms with Gasteiger partial charge in [-0.25, -0.2) is 0 Å². The number of rotatable bonds is 1. The lowest BCUT2D eigenvalue weighted by Crippen LogP contribution is -2.00. The van der Waals surface area contributed by atoms with E-state index in [2.05, 4.69) is 5.87 Å². The Morgan fingerprint density at radius 2 is 1.62 bits per heavy atom. The molecule has 1 aliphatic rings. The van der Waals surface area contributed by atoms with Gasteiger partial charge in [0, 0.05) is 11.5 Å². The number of hydrogen-bond acceptors (Lipinski definition) is 4. The van der Waals surface area contributed by atoms with Crippen molar-refractivity contribution < 1.29 is 0 Å². The van der Waals surface area contributed by atoms with Crippen LogP contribution in [0.2, 0.25) is 0 Å². The first-order valence-electron chi connectivity index (χ1n) is 4.37. The molecule has 0 bridgehead atoms. The van der Waals surface area contributed by atoms with E-state index in [1.54, 1.807) is 36.4 Å². The molecular formula is C12H6N4. The van der Waals surface area contributed by atoms with Crippen LogP contribution in [0.3, 0.4) is 0 Å². The van der Waals surface area contributed by atoms with E-state index in [1.165, 1.54) is 0 Å². The molecule has 1 N–H and O–H groups in total. The highest BCUT2D eigenvalue weighted by Gasteiger charge is 2.12. The van der Waals surface area contributed by atoms with Crippen LogP contribution in [0.5, 0.6) is 0 Å². The average Bonchev–Trinajstić information content (AvgIpc) is 2.34. The van der Waals surface area contributed by atoms with Crippen LogP contribution in [-0.2, 0) is 0 Å². The standard InChI is InChI=1S/C12H6N4/c13-5-11(6-14)9-1-2-10(4-3-9)12(7-15)8-16/h1-4,9,13H. The summed E-state index contributed by atoms with van der Waals surface area (Å²) in [5, 5.41) is 32.9. The first-order chi connectivity index (χ1) is 7.76. The van der Waals surface area contributed by atoms with Gasteiger partial charge >= 0.3 is 0 Å². The van der Waals surface area contributed by atoms with Crippen molar-refractivity contribution in [1.29, 1.82) is 21.2 Å². The van der Waals surface area contributed by atoms with Crippen molar-refractivity contribution in [2.45, 2.75) is 0 Å². The molecular weight excluding hydrogens is 200 g/mol. The molecule has 0 saturated heterocycles. The Kier molecular flexibility index (Phi) is 3.59. The van der Waals surface area contributed by atoms with Gasteiger partial charge in [0.2, 0.25) is 0 Å². The SMILES string of the molecule is N#CC(=C=N)C1C=CC(=C(C#N)C#N)C=C1. The van der Waals surface area contributed by atoms with Crippen molar-refractivity contribution in [3.8, 4) is 18.2 Å². The van der Waals surface area contributed by atoms with Crippen molar-refractivity contribution >= 4 is 5.87 Å². The minimum absolute atomic E-state index is 0.0308. The summed E-state index contributed by atoms with van der Waals surface area (Å²) < 4.78 is 0. The van der Waals surface area contributed by atoms with E-state index in [0.717, 1.165) is 0 Å². The smallest absolute Gasteiger partial charge is 0.136 e. The van der Waals surface area contributed by atoms with E-state index in [9.17, 15) is 0 Å². The second-order valence-corrected chi connectivity index (χ2v) is 2.95. The third-order valence-electron chi connectivity index (χ3n) is 2.07. The number of allylic oxidation sites excluding steroid dienone is 7. The van der Waals surface area contributed by atoms with E-state index in [-0.39, 0.29) is 17.1 Å². The lowest BCUT2D eigenvalue weighted by Gasteiger charge is -2.08. The Hall–Kier alpha value is -2.86. The molecule has 74 valence electrons. The molecule has 0 aromatic carbocycles. The zero-order chi connectivity index (χ0) is 12.0. The first kappa shape index (κ1) is 11.2. The summed E-state index contributed by atoms with van der Waals surface area (Å²) in [4.78, 5) is 0. The highest BCUT2D eigenvalue weighted by Crippen LogP contribution is 2.20. The van der Waals surface area contributed by atoms with Crippen LogP contribution in [0.15, 0.2) is 41.0 Å². The van der Waals surface area contributed by atoms with Crippen molar-refractivity contribution in [3.05, 3.63) is 41.0 Å². The van der Waals surface area contributed by atoms with Crippen LogP contribution in [0.25, 0.3) is 0 Å². The molecule has 0 aromatic rings. The second kappa shape index (κ2) is 5.13. The first-order valence-corrected chi connectivity index (χ1v) is 4.37. The fourth-order valence-corrected chi connectivity index (χ4v) is 1.23. The minimum Gasteiger partial charge on any atom is -0.258 e. The van der Waals surface area contributed by atoms with Crippen LogP contribution in [0.1, 0.15) is 0 Å². The van der Waals surface area contributed by atoms with Gasteiger partial charge in [-0.05, 0) is 5.87 Å². The van der Waals surface area contributed by atoms with Crippen molar-refractivity contribution in [2.24, 2.45) is 5.92 Å². The zero-order valence-electron chi connectivity index (χ0n) is 8.23. The average molecular weight is 206 g/mol. The van der Waals surface area contributed by atoms with E-state index >= 15 is 0 Å². The van der Waals surface area contributed by atoms with Crippen LogP contribution in [-0.4, -0.2) is 5.87 Å². The summed E-state index contributed by atoms with van der Waals surface area (Å²) in [6.07, 6.45) is 6.51. The summed E-state index contributed by atoms with van der Waals surface area (Å²) >= 11 is 0. The second-order valence-electron chi connectivity index (χ2n) is 2.95. The Bertz CT molecular complexity index is 532. The van der Waals surface area contributed by atoms with E-state index in [1.807, 2.05) is 6.07 Å². The number of nitriles is 3. The summed E-state index contributed by atoms with van der Waals surface area (Å²) in [5.74, 6) is 1.75. The number of nitrogens with one attached hydrogen (secondary N) is 1. The largest absolute Gasteiger partial charge is 0.258 e. The summed E-state index contributed by atoms with van der Waals surface area (Å²) in [6.45, 7) is 0. The van der Waals surface area contributed by atoms with Gasteiger partial charge in [0.1, 0.15) is 29.4 Å². The van der Waals surface area contributed by atoms with Gasteiger partial charge in [0.25, 0.3) is 0 Å². The molecule has 0 fully saturated rings. The molecule has 0 heterocycles. The maximum absolute atomic E-state index is 8.69. The molecule has 4 heteroatoms. The molecule has 0 aromatic heterocycles. The maximum Gasteiger partial charge on any atom is 0.136 e. The molecule has 0 radical (unpaired) electrons. The lowest BCUT2D eigenvalue weighted by atomic mass is 9.93. The van der Waals surface area contributed by atoms with Crippen LogP contribution >= 0.6 is 0 Å². The van der Waals surface area contributed by atoms with Crippen molar-refractivity contribution in [2.75, 3.05) is 0 Å². The normalized spacial score (nSPS) is 16.6. The third-order valence-corrected chi connectivity index (χ3v) is 2.07. The van der Waals surface area contributed by atoms with Gasteiger partial charge in [-0.2, -0.15) is 15.8 Å². The van der Waals surface area contributed by atoms with Crippen LogP contribution in [0, 0.1) is 45.3 Å². The van der Waals surface area contributed by atoms with Crippen molar-refractivity contribution in [1.82, 2.24) is 0 Å². The predicted octanol–water partition coefficient (Wildman–Crippen LogP) is 1.77. The number of hydrogen-bond donors (Lipinski definition) is 1. The quantitative estimate of drug-likeness (QED) is 0.523. The molecule has 0 atom stereocenters. The fraction of sp³-hybridized carbons (Fsp3) is 0.0833. The van der Waals surface area contributed by atoms with Gasteiger partial charge in [0.15, 0.2) is 0 Å². The van der Waals surface area contributed by atoms with Gasteiger partial charge in [-0.15, -0.1) is 0 Å². The highest BCUT2D eigenvalue weighted by molar-refractivity contribution is 5.64. The summed E-state index contributed by atoms with van der Waals surface area (Å²) in [5.41, 5.74) is 0.744. The summed E-state index contributed by atoms with van der Waals surface area (Å²) in [6, 6.07) is 5.43. The van der Waals surface area contributed by atoms with E-state index in [0.29, 0.717) is 5.57 Å². The Labute approximate surface area is 92.9 Å². The predicted molar refractivity (Wildman–Crippen MR) is 56.9 cm³/mol. The molecule has 0 spiro atoms. The zero-order valence-corrected chi connectivity index (χ0v) is 8.23. The van der Waals surface area contributed by atoms with Crippen molar-refractivity contribution in [3.63, 3.8) is 0 Å². The fourth-order valence-electron chi connectivity index (χ4n) is 1.23. The van der Waals surface area contributed by atoms with Crippen LogP contribution < -0.4 is 0 Å². The molecule has 0 unspecified atom stereocenters. The Balaban J connectivity index is 3.06. The van der Waals surface area contributed by atoms with E-state index < -0.39 is 0 Å². The Morgan fingerprint density at radius 3 is 2.00 bits per heavy atom. The molecule has 1 aliphatic carbocycles. The summed E-state index contributed by atoms with van der Waals surface area (Å²) in [7, 11) is 0. The monoisotopic (exact) mass is 206 g/mol. The van der Waals surface area contributed by atoms with Gasteiger partial charge < -0.3 is 0 Å². The topological polar surface area (TPSA) is 95.2 Å². The Morgan fingerprint density at radius 1 is 1.06 bits per heavy atom. The third kappa shape index (κ3) is 2.14. The molecule has 4 nitrogen and oxygen atoms in total.